The Hall–Kier alpha value is -1.14. The first kappa shape index (κ1) is 16.9. The van der Waals surface area contributed by atoms with Gasteiger partial charge in [0.2, 0.25) is 0 Å². The molecule has 5 heteroatoms. The van der Waals surface area contributed by atoms with Crippen LogP contribution in [0.1, 0.15) is 5.56 Å². The van der Waals surface area contributed by atoms with Crippen LogP contribution in [0, 0.1) is 5.92 Å². The molecule has 0 aliphatic rings. The highest BCUT2D eigenvalue weighted by Gasteiger charge is 2.13. The number of ether oxygens (including phenoxy) is 3. The molecule has 114 valence electrons. The molecule has 2 N–H and O–H groups in total. The largest absolute Gasteiger partial charge is 0.496 e. The maximum absolute atomic E-state index is 8.76. The van der Waals surface area contributed by atoms with Crippen molar-refractivity contribution in [3.8, 4) is 5.75 Å². The number of methoxy groups -OCH3 is 1. The van der Waals surface area contributed by atoms with Crippen molar-refractivity contribution in [1.29, 1.82) is 0 Å². The summed E-state index contributed by atoms with van der Waals surface area (Å²) in [6.45, 7) is 1.68. The second-order valence-electron chi connectivity index (χ2n) is 4.48. The number of benzene rings is 1. The lowest BCUT2D eigenvalue weighted by Gasteiger charge is -2.18. The zero-order chi connectivity index (χ0) is 14.6. The predicted molar refractivity (Wildman–Crippen MR) is 76.0 cm³/mol. The normalized spacial score (nSPS) is 11.0. The third kappa shape index (κ3) is 6.34. The number of hydrogen-bond donors (Lipinski definition) is 2. The first-order chi connectivity index (χ1) is 9.81. The number of aliphatic hydroxyl groups excluding tert-OH is 2. The lowest BCUT2D eigenvalue weighted by Crippen LogP contribution is -2.21. The zero-order valence-corrected chi connectivity index (χ0v) is 12.0. The standard InChI is InChI=1S/C15H24O5/c1-18-15-5-3-2-4-14(15)10-13(11-19-8-6-16)12-20-9-7-17/h2-5,13,16-17H,6-12H2,1H3. The van der Waals surface area contributed by atoms with Crippen LogP contribution in [0.3, 0.4) is 0 Å². The molecule has 0 bridgehead atoms. The van der Waals surface area contributed by atoms with E-state index in [9.17, 15) is 0 Å². The molecular weight excluding hydrogens is 260 g/mol. The van der Waals surface area contributed by atoms with Crippen LogP contribution in [-0.4, -0.2) is 57.0 Å². The second kappa shape index (κ2) is 10.6. The minimum Gasteiger partial charge on any atom is -0.496 e. The molecule has 1 rings (SSSR count). The fraction of sp³-hybridized carbons (Fsp3) is 0.600. The summed E-state index contributed by atoms with van der Waals surface area (Å²) in [5.74, 6) is 1.01. The molecule has 0 atom stereocenters. The van der Waals surface area contributed by atoms with E-state index in [1.807, 2.05) is 24.3 Å². The summed E-state index contributed by atoms with van der Waals surface area (Å²) < 4.78 is 16.1. The van der Waals surface area contributed by atoms with E-state index in [0.29, 0.717) is 26.4 Å². The third-order valence-electron chi connectivity index (χ3n) is 2.88. The van der Waals surface area contributed by atoms with Crippen molar-refractivity contribution in [2.24, 2.45) is 5.92 Å². The summed E-state index contributed by atoms with van der Waals surface area (Å²) in [4.78, 5) is 0. The molecule has 0 unspecified atom stereocenters. The Labute approximate surface area is 120 Å². The van der Waals surface area contributed by atoms with Gasteiger partial charge in [0, 0.05) is 5.92 Å². The van der Waals surface area contributed by atoms with Crippen LogP contribution < -0.4 is 4.74 Å². The molecule has 0 radical (unpaired) electrons. The summed E-state index contributed by atoms with van der Waals surface area (Å²) in [6, 6.07) is 7.85. The van der Waals surface area contributed by atoms with Crippen molar-refractivity contribution in [2.45, 2.75) is 6.42 Å². The van der Waals surface area contributed by atoms with Crippen LogP contribution in [-0.2, 0) is 15.9 Å². The summed E-state index contributed by atoms with van der Waals surface area (Å²) in [5.41, 5.74) is 1.10. The van der Waals surface area contributed by atoms with Crippen LogP contribution in [0.5, 0.6) is 5.75 Å². The van der Waals surface area contributed by atoms with Gasteiger partial charge < -0.3 is 24.4 Å². The van der Waals surface area contributed by atoms with Crippen LogP contribution in [0.15, 0.2) is 24.3 Å². The maximum atomic E-state index is 8.76. The van der Waals surface area contributed by atoms with E-state index in [1.54, 1.807) is 7.11 Å². The summed E-state index contributed by atoms with van der Waals surface area (Å²) >= 11 is 0. The van der Waals surface area contributed by atoms with Crippen LogP contribution in [0.25, 0.3) is 0 Å². The quantitative estimate of drug-likeness (QED) is 0.590. The van der Waals surface area contributed by atoms with Gasteiger partial charge in [0.25, 0.3) is 0 Å². The van der Waals surface area contributed by atoms with Crippen LogP contribution in [0.4, 0.5) is 0 Å². The van der Waals surface area contributed by atoms with Crippen molar-refractivity contribution in [3.63, 3.8) is 0 Å². The molecule has 0 saturated heterocycles. The van der Waals surface area contributed by atoms with Gasteiger partial charge >= 0.3 is 0 Å². The highest BCUT2D eigenvalue weighted by atomic mass is 16.5. The molecule has 5 nitrogen and oxygen atoms in total. The molecule has 0 spiro atoms. The van der Waals surface area contributed by atoms with Crippen LogP contribution >= 0.6 is 0 Å². The van der Waals surface area contributed by atoms with Gasteiger partial charge in [-0.05, 0) is 18.1 Å². The lowest BCUT2D eigenvalue weighted by molar-refractivity contribution is 0.0174. The van der Waals surface area contributed by atoms with Crippen molar-refractivity contribution in [1.82, 2.24) is 0 Å². The molecular formula is C15H24O5. The van der Waals surface area contributed by atoms with Gasteiger partial charge in [-0.3, -0.25) is 0 Å². The molecule has 0 amide bonds. The van der Waals surface area contributed by atoms with Crippen molar-refractivity contribution in [2.75, 3.05) is 46.8 Å². The fourth-order valence-corrected chi connectivity index (χ4v) is 1.98. The van der Waals surface area contributed by atoms with Gasteiger partial charge in [-0.2, -0.15) is 0 Å². The molecule has 0 aliphatic carbocycles. The maximum Gasteiger partial charge on any atom is 0.122 e. The molecule has 0 aromatic heterocycles. The van der Waals surface area contributed by atoms with Gasteiger partial charge in [0.1, 0.15) is 5.75 Å². The minimum atomic E-state index is 0.0128. The summed E-state index contributed by atoms with van der Waals surface area (Å²) in [5, 5.41) is 17.5. The Morgan fingerprint density at radius 1 is 1.00 bits per heavy atom. The summed E-state index contributed by atoms with van der Waals surface area (Å²) in [7, 11) is 1.65. The van der Waals surface area contributed by atoms with Gasteiger partial charge in [0.05, 0.1) is 46.8 Å². The fourth-order valence-electron chi connectivity index (χ4n) is 1.98. The topological polar surface area (TPSA) is 68.2 Å². The molecule has 0 aliphatic heterocycles. The molecule has 20 heavy (non-hydrogen) atoms. The molecule has 0 fully saturated rings. The first-order valence-electron chi connectivity index (χ1n) is 6.81. The average Bonchev–Trinajstić information content (AvgIpc) is 2.48. The number of para-hydroxylation sites is 1. The zero-order valence-electron chi connectivity index (χ0n) is 12.0. The molecule has 0 heterocycles. The number of rotatable bonds is 11. The molecule has 1 aromatic rings. The SMILES string of the molecule is COc1ccccc1CC(COCCO)COCCO. The number of hydrogen-bond acceptors (Lipinski definition) is 5. The minimum absolute atomic E-state index is 0.0128. The Bertz CT molecular complexity index is 346. The van der Waals surface area contributed by atoms with Crippen molar-refractivity contribution < 1.29 is 24.4 Å². The third-order valence-corrected chi connectivity index (χ3v) is 2.88. The van der Waals surface area contributed by atoms with E-state index >= 15 is 0 Å². The summed E-state index contributed by atoms with van der Waals surface area (Å²) in [6.07, 6.45) is 0.765. The Morgan fingerprint density at radius 3 is 2.15 bits per heavy atom. The highest BCUT2D eigenvalue weighted by molar-refractivity contribution is 5.33. The smallest absolute Gasteiger partial charge is 0.122 e. The van der Waals surface area contributed by atoms with Gasteiger partial charge in [-0.15, -0.1) is 0 Å². The van der Waals surface area contributed by atoms with Crippen molar-refractivity contribution >= 4 is 0 Å². The predicted octanol–water partition coefficient (Wildman–Crippen LogP) is 0.872. The Kier molecular flexibility index (Phi) is 8.98. The van der Waals surface area contributed by atoms with E-state index in [1.165, 1.54) is 0 Å². The van der Waals surface area contributed by atoms with E-state index in [4.69, 9.17) is 24.4 Å². The lowest BCUT2D eigenvalue weighted by atomic mass is 10.00. The molecule has 0 saturated carbocycles. The molecule has 1 aromatic carbocycles. The van der Waals surface area contributed by atoms with Gasteiger partial charge in [-0.1, -0.05) is 18.2 Å². The number of aliphatic hydroxyl groups is 2. The van der Waals surface area contributed by atoms with Crippen LogP contribution in [0.2, 0.25) is 0 Å². The van der Waals surface area contributed by atoms with Gasteiger partial charge in [-0.25, -0.2) is 0 Å². The van der Waals surface area contributed by atoms with E-state index < -0.39 is 0 Å². The Morgan fingerprint density at radius 2 is 1.60 bits per heavy atom. The monoisotopic (exact) mass is 284 g/mol. The van der Waals surface area contributed by atoms with Gasteiger partial charge in [0.15, 0.2) is 0 Å². The van der Waals surface area contributed by atoms with Crippen molar-refractivity contribution in [3.05, 3.63) is 29.8 Å². The first-order valence-corrected chi connectivity index (χ1v) is 6.81. The van der Waals surface area contributed by atoms with E-state index in [-0.39, 0.29) is 19.1 Å². The van der Waals surface area contributed by atoms with E-state index in [2.05, 4.69) is 0 Å². The van der Waals surface area contributed by atoms with E-state index in [0.717, 1.165) is 17.7 Å². The average molecular weight is 284 g/mol. The second-order valence-corrected chi connectivity index (χ2v) is 4.48. The Balaban J connectivity index is 2.56. The highest BCUT2D eigenvalue weighted by Crippen LogP contribution is 2.21.